The highest BCUT2D eigenvalue weighted by atomic mass is 19.2. The molecule has 2 unspecified atom stereocenters. The first-order valence-electron chi connectivity index (χ1n) is 8.69. The van der Waals surface area contributed by atoms with E-state index in [1.807, 2.05) is 17.1 Å². The molecule has 0 amide bonds. The highest BCUT2D eigenvalue weighted by molar-refractivity contribution is 5.32. The second-order valence-electron chi connectivity index (χ2n) is 7.22. The van der Waals surface area contributed by atoms with Crippen LogP contribution >= 0.6 is 0 Å². The van der Waals surface area contributed by atoms with Gasteiger partial charge in [-0.1, -0.05) is 37.5 Å². The Morgan fingerprint density at radius 3 is 2.81 bits per heavy atom. The van der Waals surface area contributed by atoms with E-state index in [2.05, 4.69) is 18.5 Å². The van der Waals surface area contributed by atoms with Crippen molar-refractivity contribution in [1.29, 1.82) is 0 Å². The van der Waals surface area contributed by atoms with Crippen molar-refractivity contribution in [1.82, 2.24) is 10.2 Å². The number of benzene rings is 1. The highest BCUT2D eigenvalue weighted by Gasteiger charge is 2.29. The largest absolute Gasteiger partial charge is 0.386 e. The molecule has 138 valence electrons. The van der Waals surface area contributed by atoms with Crippen LogP contribution in [-0.4, -0.2) is 28.2 Å². The Kier molecular flexibility index (Phi) is 5.01. The minimum Gasteiger partial charge on any atom is -0.386 e. The number of hydrogen-bond acceptors (Lipinski definition) is 3. The zero-order chi connectivity index (χ0) is 18.9. The molecular weight excluding hydrogens is 334 g/mol. The van der Waals surface area contributed by atoms with Crippen molar-refractivity contribution in [3.63, 3.8) is 0 Å². The number of nitrogens with zero attached hydrogens (tertiary/aromatic N) is 1. The van der Waals surface area contributed by atoms with Crippen molar-refractivity contribution in [3.05, 3.63) is 83.9 Å². The third-order valence-electron chi connectivity index (χ3n) is 4.84. The average Bonchev–Trinajstić information content (AvgIpc) is 2.93. The maximum atomic E-state index is 13.5. The van der Waals surface area contributed by atoms with Gasteiger partial charge in [0.25, 0.3) is 0 Å². The second-order valence-corrected chi connectivity index (χ2v) is 7.22. The number of aliphatic hydroxyl groups is 1. The molecule has 26 heavy (non-hydrogen) atoms. The van der Waals surface area contributed by atoms with Gasteiger partial charge in [0.2, 0.25) is 0 Å². The Hall–Kier alpha value is -2.40. The average molecular weight is 358 g/mol. The summed E-state index contributed by atoms with van der Waals surface area (Å²) in [4.78, 5) is 2.03. The molecule has 0 aromatic heterocycles. The Morgan fingerprint density at radius 1 is 1.38 bits per heavy atom. The summed E-state index contributed by atoms with van der Waals surface area (Å²) in [6.45, 7) is 10.7. The molecule has 1 heterocycles. The van der Waals surface area contributed by atoms with Gasteiger partial charge in [-0.25, -0.2) is 8.78 Å². The number of nitrogens with one attached hydrogen (secondary N) is 1. The van der Waals surface area contributed by atoms with Crippen LogP contribution in [0.1, 0.15) is 25.3 Å². The van der Waals surface area contributed by atoms with Gasteiger partial charge in [0, 0.05) is 18.7 Å². The van der Waals surface area contributed by atoms with Gasteiger partial charge < -0.3 is 15.3 Å². The van der Waals surface area contributed by atoms with Gasteiger partial charge in [-0.3, -0.25) is 0 Å². The summed E-state index contributed by atoms with van der Waals surface area (Å²) in [6.07, 6.45) is 7.51. The summed E-state index contributed by atoms with van der Waals surface area (Å²) in [7, 11) is 0. The minimum absolute atomic E-state index is 0.0381. The van der Waals surface area contributed by atoms with Gasteiger partial charge in [0.05, 0.1) is 17.5 Å². The van der Waals surface area contributed by atoms with Gasteiger partial charge in [-0.05, 0) is 43.0 Å². The van der Waals surface area contributed by atoms with Crippen LogP contribution in [0.3, 0.4) is 0 Å². The Balaban J connectivity index is 1.69. The summed E-state index contributed by atoms with van der Waals surface area (Å²) >= 11 is 0. The third kappa shape index (κ3) is 4.05. The Labute approximate surface area is 153 Å². The van der Waals surface area contributed by atoms with Crippen LogP contribution in [0.15, 0.2) is 66.7 Å². The van der Waals surface area contributed by atoms with Crippen molar-refractivity contribution in [2.24, 2.45) is 0 Å². The van der Waals surface area contributed by atoms with Crippen molar-refractivity contribution < 1.29 is 13.9 Å². The quantitative estimate of drug-likeness (QED) is 0.841. The molecule has 1 aromatic carbocycles. The minimum atomic E-state index is -0.837. The standard InChI is InChI=1S/C21H24F2N2O/c1-14(10-16-6-8-21(3,26)9-7-16)25-15(2)24-13-18(25)11-17-4-5-19(22)20(23)12-17/h4-8,12,18,24,26H,1-2,9-11,13H2,3H3. The number of rotatable bonds is 5. The molecular formula is C21H24F2N2O. The fourth-order valence-corrected chi connectivity index (χ4v) is 3.40. The zero-order valence-electron chi connectivity index (χ0n) is 14.9. The molecule has 5 heteroatoms. The summed E-state index contributed by atoms with van der Waals surface area (Å²) in [5, 5.41) is 13.2. The van der Waals surface area contributed by atoms with Gasteiger partial charge in [-0.2, -0.15) is 0 Å². The van der Waals surface area contributed by atoms with Crippen LogP contribution in [0.25, 0.3) is 0 Å². The van der Waals surface area contributed by atoms with Crippen molar-refractivity contribution >= 4 is 0 Å². The van der Waals surface area contributed by atoms with E-state index in [9.17, 15) is 13.9 Å². The summed E-state index contributed by atoms with van der Waals surface area (Å²) < 4.78 is 26.6. The van der Waals surface area contributed by atoms with Gasteiger partial charge in [-0.15, -0.1) is 0 Å². The van der Waals surface area contributed by atoms with E-state index in [1.54, 1.807) is 19.1 Å². The molecule has 2 atom stereocenters. The first-order valence-corrected chi connectivity index (χ1v) is 8.69. The molecule has 1 aliphatic heterocycles. The van der Waals surface area contributed by atoms with Crippen LogP contribution in [0.5, 0.6) is 0 Å². The van der Waals surface area contributed by atoms with Crippen molar-refractivity contribution in [2.75, 3.05) is 6.54 Å². The molecule has 2 aliphatic rings. The molecule has 3 nitrogen and oxygen atoms in total. The van der Waals surface area contributed by atoms with Crippen LogP contribution in [0, 0.1) is 11.6 Å². The van der Waals surface area contributed by atoms with E-state index in [-0.39, 0.29) is 6.04 Å². The van der Waals surface area contributed by atoms with E-state index < -0.39 is 17.2 Å². The van der Waals surface area contributed by atoms with Crippen LogP contribution < -0.4 is 5.32 Å². The molecule has 1 aromatic rings. The third-order valence-corrected chi connectivity index (χ3v) is 4.84. The smallest absolute Gasteiger partial charge is 0.159 e. The van der Waals surface area contributed by atoms with Crippen molar-refractivity contribution in [2.45, 2.75) is 37.8 Å². The van der Waals surface area contributed by atoms with Crippen molar-refractivity contribution in [3.8, 4) is 0 Å². The van der Waals surface area contributed by atoms with Gasteiger partial charge in [0.1, 0.15) is 0 Å². The van der Waals surface area contributed by atoms with E-state index >= 15 is 0 Å². The lowest BCUT2D eigenvalue weighted by Crippen LogP contribution is -2.31. The maximum absolute atomic E-state index is 13.5. The van der Waals surface area contributed by atoms with E-state index in [0.717, 1.165) is 28.7 Å². The molecule has 0 spiro atoms. The summed E-state index contributed by atoms with van der Waals surface area (Å²) in [6, 6.07) is 4.04. The molecule has 2 N–H and O–H groups in total. The molecule has 1 fully saturated rings. The number of halogens is 2. The lowest BCUT2D eigenvalue weighted by atomic mass is 9.92. The second kappa shape index (κ2) is 7.08. The molecule has 3 rings (SSSR count). The van der Waals surface area contributed by atoms with Gasteiger partial charge >= 0.3 is 0 Å². The van der Waals surface area contributed by atoms with Crippen LogP contribution in [0.4, 0.5) is 8.78 Å². The normalized spacial score (nSPS) is 25.2. The first-order chi connectivity index (χ1) is 12.2. The van der Waals surface area contributed by atoms with E-state index in [0.29, 0.717) is 25.8 Å². The number of allylic oxidation sites excluding steroid dienone is 2. The topological polar surface area (TPSA) is 35.5 Å². The monoisotopic (exact) mass is 358 g/mol. The maximum Gasteiger partial charge on any atom is 0.159 e. The SMILES string of the molecule is C=C(CC1=CCC(C)(O)C=C1)N1C(=C)NCC1Cc1ccc(F)c(F)c1. The predicted molar refractivity (Wildman–Crippen MR) is 99.1 cm³/mol. The zero-order valence-corrected chi connectivity index (χ0v) is 14.9. The first kappa shape index (κ1) is 18.4. The molecule has 0 radical (unpaired) electrons. The predicted octanol–water partition coefficient (Wildman–Crippen LogP) is 3.79. The highest BCUT2D eigenvalue weighted by Crippen LogP contribution is 2.29. The lowest BCUT2D eigenvalue weighted by molar-refractivity contribution is 0.113. The number of hydrogen-bond donors (Lipinski definition) is 2. The van der Waals surface area contributed by atoms with E-state index in [4.69, 9.17) is 0 Å². The lowest BCUT2D eigenvalue weighted by Gasteiger charge is -2.29. The Bertz CT molecular complexity index is 795. The summed E-state index contributed by atoms with van der Waals surface area (Å²) in [5.74, 6) is -0.909. The van der Waals surface area contributed by atoms with Crippen LogP contribution in [0.2, 0.25) is 0 Å². The van der Waals surface area contributed by atoms with Gasteiger partial charge in [0.15, 0.2) is 11.6 Å². The van der Waals surface area contributed by atoms with E-state index in [1.165, 1.54) is 6.07 Å². The fraction of sp³-hybridized carbons (Fsp3) is 0.333. The van der Waals surface area contributed by atoms with Crippen LogP contribution in [-0.2, 0) is 6.42 Å². The molecule has 1 saturated heterocycles. The fourth-order valence-electron chi connectivity index (χ4n) is 3.40. The molecule has 1 aliphatic carbocycles. The molecule has 0 bridgehead atoms. The molecule has 0 saturated carbocycles. The Morgan fingerprint density at radius 2 is 2.15 bits per heavy atom. The summed E-state index contributed by atoms with van der Waals surface area (Å²) in [5.41, 5.74) is 1.91.